The zero-order valence-electron chi connectivity index (χ0n) is 16.8. The topological polar surface area (TPSA) is 91.4 Å². The number of benzene rings is 2. The summed E-state index contributed by atoms with van der Waals surface area (Å²) in [5.74, 6) is -0.310. The molecule has 0 spiro atoms. The van der Waals surface area contributed by atoms with E-state index in [1.54, 1.807) is 18.2 Å². The van der Waals surface area contributed by atoms with Crippen LogP contribution in [0, 0.1) is 0 Å². The predicted octanol–water partition coefficient (Wildman–Crippen LogP) is 3.66. The van der Waals surface area contributed by atoms with E-state index in [9.17, 15) is 14.4 Å². The highest BCUT2D eigenvalue weighted by atomic mass is 16.2. The SMILES string of the molecule is CC(C)c1cc(C(=O)Nc2cccc(CN3C(=O)CNC3=O)c2)c2ccccc2n1. The second-order valence-electron chi connectivity index (χ2n) is 7.56. The molecule has 4 rings (SSSR count). The van der Waals surface area contributed by atoms with Crippen molar-refractivity contribution in [2.24, 2.45) is 0 Å². The van der Waals surface area contributed by atoms with Gasteiger partial charge in [0.2, 0.25) is 5.91 Å². The van der Waals surface area contributed by atoms with Crippen molar-refractivity contribution in [2.45, 2.75) is 26.3 Å². The van der Waals surface area contributed by atoms with E-state index in [1.165, 1.54) is 0 Å². The van der Waals surface area contributed by atoms with Crippen LogP contribution in [0.15, 0.2) is 54.6 Å². The number of fused-ring (bicyclic) bond motifs is 1. The summed E-state index contributed by atoms with van der Waals surface area (Å²) in [6, 6.07) is 16.1. The summed E-state index contributed by atoms with van der Waals surface area (Å²) in [4.78, 5) is 42.5. The number of amides is 4. The van der Waals surface area contributed by atoms with Gasteiger partial charge < -0.3 is 10.6 Å². The summed E-state index contributed by atoms with van der Waals surface area (Å²) in [5.41, 5.74) is 3.54. The lowest BCUT2D eigenvalue weighted by Crippen LogP contribution is -2.30. The molecule has 2 N–H and O–H groups in total. The van der Waals surface area contributed by atoms with Crippen LogP contribution in [0.25, 0.3) is 10.9 Å². The zero-order chi connectivity index (χ0) is 21.3. The average molecular weight is 402 g/mol. The van der Waals surface area contributed by atoms with Crippen LogP contribution in [-0.4, -0.2) is 34.3 Å². The molecule has 1 aliphatic heterocycles. The maximum Gasteiger partial charge on any atom is 0.324 e. The third-order valence-electron chi connectivity index (χ3n) is 5.03. The van der Waals surface area contributed by atoms with Gasteiger partial charge in [0.1, 0.15) is 0 Å². The van der Waals surface area contributed by atoms with E-state index in [0.717, 1.165) is 27.1 Å². The van der Waals surface area contributed by atoms with Gasteiger partial charge in [-0.15, -0.1) is 0 Å². The molecule has 0 saturated carbocycles. The highest BCUT2D eigenvalue weighted by molar-refractivity contribution is 6.12. The minimum absolute atomic E-state index is 0.0164. The number of carbonyl (C=O) groups is 3. The smallest absolute Gasteiger partial charge is 0.324 e. The molecule has 0 radical (unpaired) electrons. The van der Waals surface area contributed by atoms with Crippen LogP contribution in [0.5, 0.6) is 0 Å². The molecular formula is C23H22N4O3. The molecule has 1 saturated heterocycles. The van der Waals surface area contributed by atoms with E-state index >= 15 is 0 Å². The molecule has 0 unspecified atom stereocenters. The molecular weight excluding hydrogens is 380 g/mol. The van der Waals surface area contributed by atoms with E-state index in [4.69, 9.17) is 0 Å². The maximum atomic E-state index is 13.1. The van der Waals surface area contributed by atoms with Crippen LogP contribution in [0.2, 0.25) is 0 Å². The normalized spacial score (nSPS) is 13.8. The first-order valence-corrected chi connectivity index (χ1v) is 9.80. The standard InChI is InChI=1S/C23H22N4O3/c1-14(2)20-11-18(17-8-3-4-9-19(17)26-20)22(29)25-16-7-5-6-15(10-16)13-27-21(28)12-24-23(27)30/h3-11,14H,12-13H2,1-2H3,(H,24,30)(H,25,29). The lowest BCUT2D eigenvalue weighted by atomic mass is 10.0. The number of hydrogen-bond donors (Lipinski definition) is 2. The monoisotopic (exact) mass is 402 g/mol. The van der Waals surface area contributed by atoms with Crippen molar-refractivity contribution in [3.8, 4) is 0 Å². The molecule has 0 atom stereocenters. The number of nitrogens with zero attached hydrogens (tertiary/aromatic N) is 2. The molecule has 0 bridgehead atoms. The Morgan fingerprint density at radius 3 is 2.67 bits per heavy atom. The molecule has 7 heteroatoms. The summed E-state index contributed by atoms with van der Waals surface area (Å²) in [5, 5.41) is 6.22. The molecule has 2 aromatic carbocycles. The van der Waals surface area contributed by atoms with Crippen molar-refractivity contribution in [2.75, 3.05) is 11.9 Å². The van der Waals surface area contributed by atoms with Gasteiger partial charge in [0.05, 0.1) is 24.2 Å². The van der Waals surface area contributed by atoms with Crippen molar-refractivity contribution in [3.05, 3.63) is 71.4 Å². The van der Waals surface area contributed by atoms with Crippen molar-refractivity contribution >= 4 is 34.4 Å². The number of nitrogens with one attached hydrogen (secondary N) is 2. The van der Waals surface area contributed by atoms with Crippen molar-refractivity contribution in [3.63, 3.8) is 0 Å². The Morgan fingerprint density at radius 2 is 1.93 bits per heavy atom. The van der Waals surface area contributed by atoms with Crippen LogP contribution in [0.3, 0.4) is 0 Å². The number of imide groups is 1. The number of para-hydroxylation sites is 1. The van der Waals surface area contributed by atoms with E-state index in [-0.39, 0.29) is 30.8 Å². The van der Waals surface area contributed by atoms with E-state index < -0.39 is 6.03 Å². The molecule has 152 valence electrons. The number of pyridine rings is 1. The summed E-state index contributed by atoms with van der Waals surface area (Å²) >= 11 is 0. The van der Waals surface area contributed by atoms with Gasteiger partial charge in [-0.1, -0.05) is 44.2 Å². The van der Waals surface area contributed by atoms with Crippen LogP contribution >= 0.6 is 0 Å². The van der Waals surface area contributed by atoms with Crippen molar-refractivity contribution in [1.29, 1.82) is 0 Å². The fourth-order valence-corrected chi connectivity index (χ4v) is 3.42. The van der Waals surface area contributed by atoms with Gasteiger partial charge in [-0.25, -0.2) is 4.79 Å². The summed E-state index contributed by atoms with van der Waals surface area (Å²) in [6.07, 6.45) is 0. The first-order valence-electron chi connectivity index (χ1n) is 9.80. The lowest BCUT2D eigenvalue weighted by molar-refractivity contribution is -0.125. The molecule has 0 aliphatic carbocycles. The van der Waals surface area contributed by atoms with Gasteiger partial charge >= 0.3 is 6.03 Å². The third-order valence-corrected chi connectivity index (χ3v) is 5.03. The number of urea groups is 1. The minimum Gasteiger partial charge on any atom is -0.329 e. The fraction of sp³-hybridized carbons (Fsp3) is 0.217. The highest BCUT2D eigenvalue weighted by Crippen LogP contribution is 2.24. The predicted molar refractivity (Wildman–Crippen MR) is 114 cm³/mol. The number of rotatable bonds is 5. The van der Waals surface area contributed by atoms with Crippen LogP contribution in [0.1, 0.15) is 41.4 Å². The maximum absolute atomic E-state index is 13.1. The minimum atomic E-state index is -0.404. The number of aromatic nitrogens is 1. The van der Waals surface area contributed by atoms with Gasteiger partial charge in [-0.2, -0.15) is 0 Å². The van der Waals surface area contributed by atoms with Gasteiger partial charge in [-0.3, -0.25) is 19.5 Å². The number of anilines is 1. The third kappa shape index (κ3) is 3.87. The Morgan fingerprint density at radius 1 is 1.13 bits per heavy atom. The van der Waals surface area contributed by atoms with Crippen LogP contribution < -0.4 is 10.6 Å². The first-order chi connectivity index (χ1) is 14.4. The molecule has 3 aromatic rings. The van der Waals surface area contributed by atoms with Gasteiger partial charge in [0, 0.05) is 16.8 Å². The zero-order valence-corrected chi connectivity index (χ0v) is 16.8. The Bertz CT molecular complexity index is 1140. The molecule has 4 amide bonds. The summed E-state index contributed by atoms with van der Waals surface area (Å²) in [6.45, 7) is 4.25. The van der Waals surface area contributed by atoms with E-state index in [1.807, 2.05) is 50.2 Å². The van der Waals surface area contributed by atoms with Gasteiger partial charge in [-0.05, 0) is 35.7 Å². The van der Waals surface area contributed by atoms with Gasteiger partial charge in [0.25, 0.3) is 5.91 Å². The molecule has 2 heterocycles. The quantitative estimate of drug-likeness (QED) is 0.637. The van der Waals surface area contributed by atoms with Crippen LogP contribution in [-0.2, 0) is 11.3 Å². The molecule has 1 aliphatic rings. The molecule has 30 heavy (non-hydrogen) atoms. The Labute approximate surface area is 174 Å². The van der Waals surface area contributed by atoms with E-state index in [0.29, 0.717) is 11.3 Å². The summed E-state index contributed by atoms with van der Waals surface area (Å²) < 4.78 is 0. The largest absolute Gasteiger partial charge is 0.329 e. The summed E-state index contributed by atoms with van der Waals surface area (Å²) in [7, 11) is 0. The Kier molecular flexibility index (Phi) is 5.18. The fourth-order valence-electron chi connectivity index (χ4n) is 3.42. The van der Waals surface area contributed by atoms with Crippen molar-refractivity contribution in [1.82, 2.24) is 15.2 Å². The highest BCUT2D eigenvalue weighted by Gasteiger charge is 2.28. The number of carbonyl (C=O) groups excluding carboxylic acids is 3. The Balaban J connectivity index is 1.60. The molecule has 1 fully saturated rings. The first kappa shape index (κ1) is 19.6. The Hall–Kier alpha value is -3.74. The average Bonchev–Trinajstić information content (AvgIpc) is 3.05. The van der Waals surface area contributed by atoms with Crippen molar-refractivity contribution < 1.29 is 14.4 Å². The van der Waals surface area contributed by atoms with Gasteiger partial charge in [0.15, 0.2) is 0 Å². The molecule has 1 aromatic heterocycles. The number of hydrogen-bond acceptors (Lipinski definition) is 4. The van der Waals surface area contributed by atoms with E-state index in [2.05, 4.69) is 15.6 Å². The second kappa shape index (κ2) is 7.94. The lowest BCUT2D eigenvalue weighted by Gasteiger charge is -2.14. The van der Waals surface area contributed by atoms with Crippen LogP contribution in [0.4, 0.5) is 10.5 Å². The second-order valence-corrected chi connectivity index (χ2v) is 7.56. The molecule has 7 nitrogen and oxygen atoms in total.